The second-order valence-electron chi connectivity index (χ2n) is 7.30. The number of carbonyl (C=O) groups excluding carboxylic acids is 1. The van der Waals surface area contributed by atoms with Gasteiger partial charge in [-0.2, -0.15) is 0 Å². The van der Waals surface area contributed by atoms with Crippen LogP contribution in [0.3, 0.4) is 0 Å². The molecular formula is C20H31N3O2. The van der Waals surface area contributed by atoms with E-state index in [-0.39, 0.29) is 18.6 Å². The third kappa shape index (κ3) is 5.19. The maximum absolute atomic E-state index is 12.3. The Morgan fingerprint density at radius 1 is 1.00 bits per heavy atom. The van der Waals surface area contributed by atoms with Crippen molar-refractivity contribution in [3.63, 3.8) is 0 Å². The minimum Gasteiger partial charge on any atom is -0.395 e. The molecule has 1 atom stereocenters. The molecule has 2 aliphatic heterocycles. The molecule has 5 nitrogen and oxygen atoms in total. The van der Waals surface area contributed by atoms with E-state index in [0.717, 1.165) is 44.6 Å². The van der Waals surface area contributed by atoms with Gasteiger partial charge in [0.1, 0.15) is 0 Å². The molecule has 2 heterocycles. The molecule has 2 aliphatic rings. The van der Waals surface area contributed by atoms with Gasteiger partial charge in [-0.3, -0.25) is 9.69 Å². The molecule has 0 aliphatic carbocycles. The third-order valence-corrected chi connectivity index (χ3v) is 5.43. The van der Waals surface area contributed by atoms with Crippen LogP contribution < -0.4 is 10.2 Å². The van der Waals surface area contributed by atoms with E-state index in [2.05, 4.69) is 27.2 Å². The number of piperidine rings is 1. The van der Waals surface area contributed by atoms with Gasteiger partial charge in [0, 0.05) is 30.5 Å². The van der Waals surface area contributed by atoms with E-state index in [1.807, 2.05) is 12.1 Å². The van der Waals surface area contributed by atoms with Crippen molar-refractivity contribution < 1.29 is 9.90 Å². The zero-order valence-corrected chi connectivity index (χ0v) is 15.1. The number of anilines is 2. The summed E-state index contributed by atoms with van der Waals surface area (Å²) in [7, 11) is 0. The molecule has 1 aromatic carbocycles. The van der Waals surface area contributed by atoms with Crippen LogP contribution in [-0.4, -0.2) is 54.7 Å². The number of hydrogen-bond donors (Lipinski definition) is 2. The van der Waals surface area contributed by atoms with Crippen molar-refractivity contribution in [2.75, 3.05) is 43.0 Å². The second-order valence-corrected chi connectivity index (χ2v) is 7.30. The van der Waals surface area contributed by atoms with E-state index in [0.29, 0.717) is 6.54 Å². The lowest BCUT2D eigenvalue weighted by atomic mass is 10.0. The number of likely N-dealkylation sites (tertiary alicyclic amines) is 1. The van der Waals surface area contributed by atoms with Gasteiger partial charge < -0.3 is 15.3 Å². The van der Waals surface area contributed by atoms with E-state index in [4.69, 9.17) is 0 Å². The number of rotatable bonds is 5. The van der Waals surface area contributed by atoms with Crippen LogP contribution in [0.15, 0.2) is 24.3 Å². The average molecular weight is 345 g/mol. The first-order valence-electron chi connectivity index (χ1n) is 9.76. The Balaban J connectivity index is 1.52. The van der Waals surface area contributed by atoms with Gasteiger partial charge in [0.05, 0.1) is 13.2 Å². The molecule has 138 valence electrons. The molecule has 25 heavy (non-hydrogen) atoms. The first-order chi connectivity index (χ1) is 12.3. The van der Waals surface area contributed by atoms with Crippen LogP contribution in [0.1, 0.15) is 44.9 Å². The Hall–Kier alpha value is -1.59. The Bertz CT molecular complexity index is 538. The summed E-state index contributed by atoms with van der Waals surface area (Å²) in [6.45, 7) is 3.65. The van der Waals surface area contributed by atoms with Crippen molar-refractivity contribution in [3.8, 4) is 0 Å². The highest BCUT2D eigenvalue weighted by Crippen LogP contribution is 2.22. The predicted octanol–water partition coefficient (Wildman–Crippen LogP) is 2.85. The zero-order chi connectivity index (χ0) is 17.5. The summed E-state index contributed by atoms with van der Waals surface area (Å²) in [6.07, 6.45) is 8.41. The first-order valence-corrected chi connectivity index (χ1v) is 9.76. The molecule has 2 fully saturated rings. The third-order valence-electron chi connectivity index (χ3n) is 5.43. The van der Waals surface area contributed by atoms with E-state index in [9.17, 15) is 9.90 Å². The zero-order valence-electron chi connectivity index (χ0n) is 15.1. The highest BCUT2D eigenvalue weighted by atomic mass is 16.3. The van der Waals surface area contributed by atoms with Crippen molar-refractivity contribution in [3.05, 3.63) is 24.3 Å². The number of carbonyl (C=O) groups is 1. The molecule has 0 aromatic heterocycles. The first kappa shape index (κ1) is 18.2. The summed E-state index contributed by atoms with van der Waals surface area (Å²) < 4.78 is 0. The number of nitrogens with zero attached hydrogens (tertiary/aromatic N) is 2. The van der Waals surface area contributed by atoms with Crippen LogP contribution in [0.25, 0.3) is 0 Å². The summed E-state index contributed by atoms with van der Waals surface area (Å²) in [5.74, 6) is 0.00266. The average Bonchev–Trinajstić information content (AvgIpc) is 2.92. The fourth-order valence-corrected chi connectivity index (χ4v) is 3.94. The molecule has 1 aromatic rings. The van der Waals surface area contributed by atoms with Crippen molar-refractivity contribution in [2.45, 2.75) is 51.0 Å². The highest BCUT2D eigenvalue weighted by molar-refractivity contribution is 5.92. The van der Waals surface area contributed by atoms with E-state index >= 15 is 0 Å². The van der Waals surface area contributed by atoms with Crippen molar-refractivity contribution in [1.29, 1.82) is 0 Å². The van der Waals surface area contributed by atoms with Crippen LogP contribution >= 0.6 is 0 Å². The molecule has 0 spiro atoms. The Morgan fingerprint density at radius 3 is 2.36 bits per heavy atom. The molecule has 0 radical (unpaired) electrons. The Morgan fingerprint density at radius 2 is 1.68 bits per heavy atom. The van der Waals surface area contributed by atoms with Gasteiger partial charge in [-0.25, -0.2) is 0 Å². The van der Waals surface area contributed by atoms with Gasteiger partial charge in [-0.1, -0.05) is 19.3 Å². The molecule has 0 saturated carbocycles. The molecule has 1 unspecified atom stereocenters. The maximum atomic E-state index is 12.3. The SMILES string of the molecule is O=C(CN1CCCCC1CO)Nc1ccc(N2CCCCCC2)cc1. The number of amides is 1. The van der Waals surface area contributed by atoms with Gasteiger partial charge in [-0.15, -0.1) is 0 Å². The smallest absolute Gasteiger partial charge is 0.238 e. The fourth-order valence-electron chi connectivity index (χ4n) is 3.94. The fraction of sp³-hybridized carbons (Fsp3) is 0.650. The quantitative estimate of drug-likeness (QED) is 0.862. The minimum atomic E-state index is 0.00266. The number of benzene rings is 1. The van der Waals surface area contributed by atoms with Crippen LogP contribution in [-0.2, 0) is 4.79 Å². The summed E-state index contributed by atoms with van der Waals surface area (Å²) in [4.78, 5) is 16.9. The monoisotopic (exact) mass is 345 g/mol. The van der Waals surface area contributed by atoms with Crippen LogP contribution in [0, 0.1) is 0 Å². The normalized spacial score (nSPS) is 22.4. The lowest BCUT2D eigenvalue weighted by Gasteiger charge is -2.33. The molecule has 0 bridgehead atoms. The molecule has 2 N–H and O–H groups in total. The van der Waals surface area contributed by atoms with Gasteiger partial charge in [0.25, 0.3) is 0 Å². The molecule has 1 amide bonds. The summed E-state index contributed by atoms with van der Waals surface area (Å²) in [5.41, 5.74) is 2.09. The van der Waals surface area contributed by atoms with Gasteiger partial charge in [0.2, 0.25) is 5.91 Å². The predicted molar refractivity (Wildman–Crippen MR) is 102 cm³/mol. The summed E-state index contributed by atoms with van der Waals surface area (Å²) in [6, 6.07) is 8.34. The van der Waals surface area contributed by atoms with Gasteiger partial charge in [-0.05, 0) is 56.5 Å². The summed E-state index contributed by atoms with van der Waals surface area (Å²) in [5, 5.41) is 12.5. The number of aliphatic hydroxyl groups is 1. The maximum Gasteiger partial charge on any atom is 0.238 e. The number of aliphatic hydroxyl groups excluding tert-OH is 1. The topological polar surface area (TPSA) is 55.8 Å². The van der Waals surface area contributed by atoms with E-state index in [1.54, 1.807) is 0 Å². The Labute approximate surface area is 151 Å². The second kappa shape index (κ2) is 9.20. The highest BCUT2D eigenvalue weighted by Gasteiger charge is 2.23. The molecule has 3 rings (SSSR count). The van der Waals surface area contributed by atoms with Gasteiger partial charge in [0.15, 0.2) is 0 Å². The Kier molecular flexibility index (Phi) is 6.70. The lowest BCUT2D eigenvalue weighted by molar-refractivity contribution is -0.118. The summed E-state index contributed by atoms with van der Waals surface area (Å²) >= 11 is 0. The van der Waals surface area contributed by atoms with Crippen molar-refractivity contribution in [2.24, 2.45) is 0 Å². The van der Waals surface area contributed by atoms with Crippen molar-refractivity contribution >= 4 is 17.3 Å². The van der Waals surface area contributed by atoms with Crippen LogP contribution in [0.4, 0.5) is 11.4 Å². The number of nitrogens with one attached hydrogen (secondary N) is 1. The van der Waals surface area contributed by atoms with E-state index in [1.165, 1.54) is 31.4 Å². The standard InChI is InChI=1S/C20H31N3O2/c24-16-19-7-3-6-14-23(19)15-20(25)21-17-8-10-18(11-9-17)22-12-4-1-2-5-13-22/h8-11,19,24H,1-7,12-16H2,(H,21,25). The van der Waals surface area contributed by atoms with Crippen molar-refractivity contribution in [1.82, 2.24) is 4.90 Å². The van der Waals surface area contributed by atoms with Crippen LogP contribution in [0.5, 0.6) is 0 Å². The lowest BCUT2D eigenvalue weighted by Crippen LogP contribution is -2.45. The van der Waals surface area contributed by atoms with Gasteiger partial charge >= 0.3 is 0 Å². The minimum absolute atomic E-state index is 0.00266. The molecule has 2 saturated heterocycles. The molecular weight excluding hydrogens is 314 g/mol. The van der Waals surface area contributed by atoms with E-state index < -0.39 is 0 Å². The largest absolute Gasteiger partial charge is 0.395 e. The van der Waals surface area contributed by atoms with Crippen LogP contribution in [0.2, 0.25) is 0 Å². The number of hydrogen-bond acceptors (Lipinski definition) is 4. The molecule has 5 heteroatoms.